The maximum Gasteiger partial charge on any atom is 0.335 e. The number of carbonyl (C=O) groups is 1. The summed E-state index contributed by atoms with van der Waals surface area (Å²) in [7, 11) is 0. The Bertz CT molecular complexity index is 1020. The van der Waals surface area contributed by atoms with Gasteiger partial charge in [0, 0.05) is 6.42 Å². The number of rotatable bonds is 8. The Kier molecular flexibility index (Phi) is 6.61. The predicted octanol–water partition coefficient (Wildman–Crippen LogP) is 4.86. The van der Waals surface area contributed by atoms with Crippen LogP contribution in [0.15, 0.2) is 72.8 Å². The highest BCUT2D eigenvalue weighted by Crippen LogP contribution is 2.45. The minimum atomic E-state index is -1.18. The van der Waals surface area contributed by atoms with Gasteiger partial charge in [-0.1, -0.05) is 36.4 Å². The SMILES string of the molecule is CC(C)OC(=O)[C@@H](O)Cc1ccc(OCCN2c3ccccc3Oc3ccccc32)cc1. The molecule has 0 unspecified atom stereocenters. The van der Waals surface area contributed by atoms with E-state index in [-0.39, 0.29) is 12.5 Å². The van der Waals surface area contributed by atoms with Crippen LogP contribution in [0.5, 0.6) is 17.2 Å². The maximum atomic E-state index is 11.8. The van der Waals surface area contributed by atoms with Gasteiger partial charge in [-0.3, -0.25) is 0 Å². The average Bonchev–Trinajstić information content (AvgIpc) is 2.79. The minimum Gasteiger partial charge on any atom is -0.492 e. The third-order valence-corrected chi connectivity index (χ3v) is 5.09. The van der Waals surface area contributed by atoms with E-state index in [4.69, 9.17) is 14.2 Å². The van der Waals surface area contributed by atoms with Crippen molar-refractivity contribution in [3.63, 3.8) is 0 Å². The Morgan fingerprint density at radius 3 is 2.12 bits per heavy atom. The summed E-state index contributed by atoms with van der Waals surface area (Å²) >= 11 is 0. The number of para-hydroxylation sites is 4. The number of aliphatic hydroxyl groups excluding tert-OH is 1. The number of hydrogen-bond donors (Lipinski definition) is 1. The molecule has 0 fully saturated rings. The van der Waals surface area contributed by atoms with Crippen LogP contribution in [0.2, 0.25) is 0 Å². The van der Waals surface area contributed by atoms with E-state index in [1.165, 1.54) is 0 Å². The zero-order chi connectivity index (χ0) is 22.5. The summed E-state index contributed by atoms with van der Waals surface area (Å²) in [5.41, 5.74) is 2.85. The second-order valence-corrected chi connectivity index (χ2v) is 7.89. The molecule has 1 N–H and O–H groups in total. The van der Waals surface area contributed by atoms with Gasteiger partial charge in [0.2, 0.25) is 0 Å². The van der Waals surface area contributed by atoms with Crippen molar-refractivity contribution in [2.24, 2.45) is 0 Å². The Hall–Kier alpha value is -3.51. The van der Waals surface area contributed by atoms with E-state index in [1.807, 2.05) is 72.8 Å². The van der Waals surface area contributed by atoms with Gasteiger partial charge in [-0.05, 0) is 55.8 Å². The van der Waals surface area contributed by atoms with Gasteiger partial charge in [0.15, 0.2) is 17.6 Å². The van der Waals surface area contributed by atoms with E-state index >= 15 is 0 Å². The zero-order valence-corrected chi connectivity index (χ0v) is 18.2. The number of fused-ring (bicyclic) bond motifs is 2. The Labute approximate surface area is 188 Å². The van der Waals surface area contributed by atoms with E-state index in [0.29, 0.717) is 13.2 Å². The van der Waals surface area contributed by atoms with Crippen molar-refractivity contribution in [3.05, 3.63) is 78.4 Å². The molecule has 1 atom stereocenters. The largest absolute Gasteiger partial charge is 0.492 e. The lowest BCUT2D eigenvalue weighted by Gasteiger charge is -2.32. The quantitative estimate of drug-likeness (QED) is 0.512. The molecule has 166 valence electrons. The molecule has 1 heterocycles. The first-order valence-electron chi connectivity index (χ1n) is 10.7. The van der Waals surface area contributed by atoms with Crippen LogP contribution in [-0.4, -0.2) is 36.4 Å². The van der Waals surface area contributed by atoms with Crippen molar-refractivity contribution in [2.45, 2.75) is 32.5 Å². The highest BCUT2D eigenvalue weighted by molar-refractivity contribution is 5.77. The first-order chi connectivity index (χ1) is 15.5. The summed E-state index contributed by atoms with van der Waals surface area (Å²) in [5, 5.41) is 10.0. The standard InChI is InChI=1S/C26H27NO5/c1-18(2)31-26(29)23(28)17-19-11-13-20(14-12-19)30-16-15-27-21-7-3-5-9-24(21)32-25-10-6-4-8-22(25)27/h3-14,18,23,28H,15-17H2,1-2H3/t23-/m0/s1. The minimum absolute atomic E-state index is 0.202. The monoisotopic (exact) mass is 433 g/mol. The van der Waals surface area contributed by atoms with Crippen molar-refractivity contribution in [1.29, 1.82) is 0 Å². The van der Waals surface area contributed by atoms with Crippen LogP contribution in [0, 0.1) is 0 Å². The molecule has 3 aromatic carbocycles. The van der Waals surface area contributed by atoms with Crippen molar-refractivity contribution in [3.8, 4) is 17.2 Å². The molecular formula is C26H27NO5. The fourth-order valence-corrected chi connectivity index (χ4v) is 3.62. The van der Waals surface area contributed by atoms with Crippen molar-refractivity contribution < 1.29 is 24.1 Å². The topological polar surface area (TPSA) is 68.2 Å². The van der Waals surface area contributed by atoms with E-state index in [0.717, 1.165) is 34.2 Å². The third kappa shape index (κ3) is 5.03. The van der Waals surface area contributed by atoms with Gasteiger partial charge in [0.05, 0.1) is 24.0 Å². The second kappa shape index (κ2) is 9.75. The molecule has 1 aliphatic heterocycles. The van der Waals surface area contributed by atoms with Crippen molar-refractivity contribution in [1.82, 2.24) is 0 Å². The van der Waals surface area contributed by atoms with Crippen LogP contribution in [0.25, 0.3) is 0 Å². The average molecular weight is 434 g/mol. The third-order valence-electron chi connectivity index (χ3n) is 5.09. The first kappa shape index (κ1) is 21.7. The summed E-state index contributed by atoms with van der Waals surface area (Å²) in [5.74, 6) is 1.77. The fraction of sp³-hybridized carbons (Fsp3) is 0.269. The second-order valence-electron chi connectivity index (χ2n) is 7.89. The summed E-state index contributed by atoms with van der Waals surface area (Å²) in [6, 6.07) is 23.3. The molecule has 6 heteroatoms. The number of carbonyl (C=O) groups excluding carboxylic acids is 1. The molecule has 0 bridgehead atoms. The maximum absolute atomic E-state index is 11.8. The van der Waals surface area contributed by atoms with Crippen molar-refractivity contribution >= 4 is 17.3 Å². The zero-order valence-electron chi connectivity index (χ0n) is 18.2. The van der Waals surface area contributed by atoms with Crippen LogP contribution < -0.4 is 14.4 Å². The van der Waals surface area contributed by atoms with E-state index in [2.05, 4.69) is 4.90 Å². The molecule has 0 spiro atoms. The number of esters is 1. The van der Waals surface area contributed by atoms with E-state index in [1.54, 1.807) is 13.8 Å². The Balaban J connectivity index is 1.36. The summed E-state index contributed by atoms with van der Waals surface area (Å²) in [6.07, 6.45) is -1.23. The highest BCUT2D eigenvalue weighted by Gasteiger charge is 2.23. The van der Waals surface area contributed by atoms with Gasteiger partial charge in [0.25, 0.3) is 0 Å². The molecule has 32 heavy (non-hydrogen) atoms. The van der Waals surface area contributed by atoms with Crippen LogP contribution in [0.4, 0.5) is 11.4 Å². The Morgan fingerprint density at radius 2 is 1.53 bits per heavy atom. The van der Waals surface area contributed by atoms with Gasteiger partial charge in [-0.25, -0.2) is 4.79 Å². The molecule has 4 rings (SSSR count). The lowest BCUT2D eigenvalue weighted by Crippen LogP contribution is -2.27. The summed E-state index contributed by atoms with van der Waals surface area (Å²) < 4.78 is 17.0. The molecule has 0 saturated carbocycles. The number of aliphatic hydroxyl groups is 1. The summed E-state index contributed by atoms with van der Waals surface area (Å²) in [6.45, 7) is 4.64. The molecule has 3 aromatic rings. The van der Waals surface area contributed by atoms with Gasteiger partial charge >= 0.3 is 5.97 Å². The molecule has 0 aromatic heterocycles. The number of benzene rings is 3. The normalized spacial score (nSPS) is 13.1. The molecular weight excluding hydrogens is 406 g/mol. The molecule has 0 amide bonds. The van der Waals surface area contributed by atoms with Gasteiger partial charge in [-0.15, -0.1) is 0 Å². The van der Waals surface area contributed by atoms with Crippen LogP contribution in [0.3, 0.4) is 0 Å². The number of nitrogens with zero attached hydrogens (tertiary/aromatic N) is 1. The first-order valence-corrected chi connectivity index (χ1v) is 10.7. The van der Waals surface area contributed by atoms with Crippen molar-refractivity contribution in [2.75, 3.05) is 18.1 Å². The smallest absolute Gasteiger partial charge is 0.335 e. The molecule has 6 nitrogen and oxygen atoms in total. The fourth-order valence-electron chi connectivity index (χ4n) is 3.62. The van der Waals surface area contributed by atoms with Gasteiger partial charge in [-0.2, -0.15) is 0 Å². The number of anilines is 2. The van der Waals surface area contributed by atoms with Crippen LogP contribution in [-0.2, 0) is 16.0 Å². The van der Waals surface area contributed by atoms with Crippen LogP contribution >= 0.6 is 0 Å². The molecule has 0 radical (unpaired) electrons. The number of hydrogen-bond acceptors (Lipinski definition) is 6. The molecule has 1 aliphatic rings. The van der Waals surface area contributed by atoms with Crippen LogP contribution in [0.1, 0.15) is 19.4 Å². The van der Waals surface area contributed by atoms with E-state index < -0.39 is 12.1 Å². The molecule has 0 saturated heterocycles. The lowest BCUT2D eigenvalue weighted by molar-refractivity contribution is -0.157. The summed E-state index contributed by atoms with van der Waals surface area (Å²) in [4.78, 5) is 14.0. The van der Waals surface area contributed by atoms with Gasteiger partial charge in [0.1, 0.15) is 12.4 Å². The predicted molar refractivity (Wildman–Crippen MR) is 123 cm³/mol. The van der Waals surface area contributed by atoms with E-state index in [9.17, 15) is 9.90 Å². The molecule has 0 aliphatic carbocycles. The highest BCUT2D eigenvalue weighted by atomic mass is 16.6. The van der Waals surface area contributed by atoms with Gasteiger partial charge < -0.3 is 24.2 Å². The lowest BCUT2D eigenvalue weighted by atomic mass is 10.1. The number of ether oxygens (including phenoxy) is 3. The Morgan fingerprint density at radius 1 is 0.938 bits per heavy atom.